The Kier molecular flexibility index (Phi) is 6.55. The average molecular weight is 429 g/mol. The van der Waals surface area contributed by atoms with Crippen molar-refractivity contribution in [3.05, 3.63) is 33.6 Å². The lowest BCUT2D eigenvalue weighted by atomic mass is 9.76. The summed E-state index contributed by atoms with van der Waals surface area (Å²) in [6.45, 7) is 2.07. The van der Waals surface area contributed by atoms with Crippen molar-refractivity contribution < 1.29 is 14.0 Å². The molecular weight excluding hydrogens is 402 g/mol. The maximum absolute atomic E-state index is 14.8. The van der Waals surface area contributed by atoms with Gasteiger partial charge in [0.25, 0.3) is 0 Å². The number of carbonyl (C=O) groups excluding carboxylic acids is 2. The Morgan fingerprint density at radius 2 is 1.75 bits per heavy atom. The minimum Gasteiger partial charge on any atom is -0.359 e. The van der Waals surface area contributed by atoms with Crippen LogP contribution in [-0.2, 0) is 9.59 Å². The first kappa shape index (κ1) is 21.4. The number of benzene rings is 1. The van der Waals surface area contributed by atoms with E-state index in [1.807, 2.05) is 0 Å². The van der Waals surface area contributed by atoms with Crippen molar-refractivity contribution in [2.75, 3.05) is 7.05 Å². The van der Waals surface area contributed by atoms with E-state index < -0.39 is 11.9 Å². The second-order valence-electron chi connectivity index (χ2n) is 8.38. The zero-order valence-corrected chi connectivity index (χ0v) is 17.8. The molecule has 3 atom stereocenters. The molecule has 0 heterocycles. The smallest absolute Gasteiger partial charge is 0.223 e. The molecule has 0 aromatic heterocycles. The molecule has 1 aromatic carbocycles. The molecule has 7 heteroatoms. The van der Waals surface area contributed by atoms with E-state index in [1.54, 1.807) is 7.05 Å². The van der Waals surface area contributed by atoms with Crippen LogP contribution in [0.2, 0.25) is 10.0 Å². The second-order valence-corrected chi connectivity index (χ2v) is 9.17. The van der Waals surface area contributed by atoms with Gasteiger partial charge >= 0.3 is 0 Å². The quantitative estimate of drug-likeness (QED) is 0.645. The maximum atomic E-state index is 14.8. The highest BCUT2D eigenvalue weighted by Gasteiger charge is 2.43. The van der Waals surface area contributed by atoms with Crippen LogP contribution in [0.4, 0.5) is 4.39 Å². The highest BCUT2D eigenvalue weighted by molar-refractivity contribution is 6.42. The third kappa shape index (κ3) is 4.16. The number of carbonyl (C=O) groups is 2. The van der Waals surface area contributed by atoms with Crippen molar-refractivity contribution in [2.45, 2.75) is 57.9 Å². The summed E-state index contributed by atoms with van der Waals surface area (Å²) in [5, 5.41) is 6.18. The molecule has 0 unspecified atom stereocenters. The van der Waals surface area contributed by atoms with Crippen LogP contribution < -0.4 is 10.6 Å². The number of amides is 2. The van der Waals surface area contributed by atoms with Crippen molar-refractivity contribution in [1.29, 1.82) is 0 Å². The summed E-state index contributed by atoms with van der Waals surface area (Å²) in [6, 6.07) is 2.19. The maximum Gasteiger partial charge on any atom is 0.223 e. The molecule has 2 aliphatic carbocycles. The lowest BCUT2D eigenvalue weighted by Gasteiger charge is -2.36. The van der Waals surface area contributed by atoms with Crippen LogP contribution in [0.25, 0.3) is 0 Å². The zero-order chi connectivity index (χ0) is 20.5. The van der Waals surface area contributed by atoms with E-state index >= 15 is 0 Å². The second kappa shape index (κ2) is 8.58. The SMILES string of the molecule is CNC(=O)[C@@H]1CC[C@H](C(=O)N[C@H](c2c(F)ccc(Cl)c2Cl)C2(C)CCCC2)C1. The summed E-state index contributed by atoms with van der Waals surface area (Å²) in [5.74, 6) is -1.02. The van der Waals surface area contributed by atoms with Crippen molar-refractivity contribution in [2.24, 2.45) is 17.3 Å². The number of rotatable bonds is 5. The number of hydrogen-bond acceptors (Lipinski definition) is 2. The minimum absolute atomic E-state index is 0.0291. The molecule has 2 fully saturated rings. The normalized spacial score (nSPS) is 24.8. The molecule has 154 valence electrons. The Bertz CT molecular complexity index is 765. The van der Waals surface area contributed by atoms with Crippen LogP contribution in [-0.4, -0.2) is 18.9 Å². The molecule has 2 saturated carbocycles. The van der Waals surface area contributed by atoms with Gasteiger partial charge in [-0.15, -0.1) is 0 Å². The third-order valence-electron chi connectivity index (χ3n) is 6.52. The van der Waals surface area contributed by atoms with Crippen LogP contribution >= 0.6 is 23.2 Å². The molecule has 28 heavy (non-hydrogen) atoms. The van der Waals surface area contributed by atoms with Gasteiger partial charge < -0.3 is 10.6 Å². The van der Waals surface area contributed by atoms with Crippen LogP contribution in [0.3, 0.4) is 0 Å². The highest BCUT2D eigenvalue weighted by Crippen LogP contribution is 2.50. The molecule has 1 aromatic rings. The van der Waals surface area contributed by atoms with Gasteiger partial charge in [0, 0.05) is 24.4 Å². The van der Waals surface area contributed by atoms with Gasteiger partial charge in [0.1, 0.15) is 5.82 Å². The predicted molar refractivity (Wildman–Crippen MR) is 109 cm³/mol. The van der Waals surface area contributed by atoms with E-state index in [-0.39, 0.29) is 44.7 Å². The van der Waals surface area contributed by atoms with Gasteiger partial charge in [-0.3, -0.25) is 9.59 Å². The summed E-state index contributed by atoms with van der Waals surface area (Å²) in [6.07, 6.45) is 5.68. The molecule has 4 nitrogen and oxygen atoms in total. The minimum atomic E-state index is -0.548. The summed E-state index contributed by atoms with van der Waals surface area (Å²) in [5.41, 5.74) is -0.0170. The first-order valence-corrected chi connectivity index (χ1v) is 10.7. The Labute approximate surface area is 175 Å². The van der Waals surface area contributed by atoms with Gasteiger partial charge in [-0.05, 0) is 49.7 Å². The Morgan fingerprint density at radius 1 is 1.14 bits per heavy atom. The van der Waals surface area contributed by atoms with Crippen LogP contribution in [0.15, 0.2) is 12.1 Å². The average Bonchev–Trinajstić information content (AvgIpc) is 3.33. The lowest BCUT2D eigenvalue weighted by Crippen LogP contribution is -2.41. The largest absolute Gasteiger partial charge is 0.359 e. The Hall–Kier alpha value is -1.33. The predicted octanol–water partition coefficient (Wildman–Crippen LogP) is 5.03. The van der Waals surface area contributed by atoms with E-state index in [0.29, 0.717) is 19.3 Å². The molecule has 3 rings (SSSR count). The molecule has 0 radical (unpaired) electrons. The summed E-state index contributed by atoms with van der Waals surface area (Å²) < 4.78 is 14.8. The molecular formula is C21H27Cl2FN2O2. The van der Waals surface area contributed by atoms with E-state index in [9.17, 15) is 14.0 Å². The van der Waals surface area contributed by atoms with Gasteiger partial charge in [0.2, 0.25) is 11.8 Å². The van der Waals surface area contributed by atoms with Gasteiger partial charge in [-0.25, -0.2) is 4.39 Å². The number of halogens is 3. The topological polar surface area (TPSA) is 58.2 Å². The number of hydrogen-bond donors (Lipinski definition) is 2. The Morgan fingerprint density at radius 3 is 2.36 bits per heavy atom. The van der Waals surface area contributed by atoms with E-state index in [4.69, 9.17) is 23.2 Å². The first-order valence-electron chi connectivity index (χ1n) is 9.92. The molecule has 0 bridgehead atoms. The van der Waals surface area contributed by atoms with Crippen molar-refractivity contribution >= 4 is 35.0 Å². The van der Waals surface area contributed by atoms with Crippen LogP contribution in [0.5, 0.6) is 0 Å². The molecule has 2 aliphatic rings. The Balaban J connectivity index is 1.87. The third-order valence-corrected chi connectivity index (χ3v) is 7.34. The van der Waals surface area contributed by atoms with Gasteiger partial charge in [-0.1, -0.05) is 43.0 Å². The van der Waals surface area contributed by atoms with Crippen LogP contribution in [0.1, 0.15) is 63.5 Å². The van der Waals surface area contributed by atoms with Gasteiger partial charge in [0.15, 0.2) is 0 Å². The monoisotopic (exact) mass is 428 g/mol. The zero-order valence-electron chi connectivity index (χ0n) is 16.3. The van der Waals surface area contributed by atoms with Crippen molar-refractivity contribution in [3.63, 3.8) is 0 Å². The standard InChI is InChI=1S/C21H27Cl2FN2O2/c1-21(9-3-4-10-21)18(16-15(24)8-7-14(22)17(16)23)26-20(28)13-6-5-12(11-13)19(27)25-2/h7-8,12-13,18H,3-6,9-11H2,1-2H3,(H,25,27)(H,26,28)/t12-,13+,18-/m1/s1. The summed E-state index contributed by atoms with van der Waals surface area (Å²) in [4.78, 5) is 24.9. The van der Waals surface area contributed by atoms with Gasteiger partial charge in [0.05, 0.1) is 16.1 Å². The lowest BCUT2D eigenvalue weighted by molar-refractivity contribution is -0.127. The molecule has 0 spiro atoms. The van der Waals surface area contributed by atoms with E-state index in [1.165, 1.54) is 12.1 Å². The van der Waals surface area contributed by atoms with Gasteiger partial charge in [-0.2, -0.15) is 0 Å². The molecule has 0 aliphatic heterocycles. The first-order chi connectivity index (χ1) is 13.3. The summed E-state index contributed by atoms with van der Waals surface area (Å²) in [7, 11) is 1.61. The van der Waals surface area contributed by atoms with E-state index in [2.05, 4.69) is 17.6 Å². The fourth-order valence-corrected chi connectivity index (χ4v) is 5.22. The fraction of sp³-hybridized carbons (Fsp3) is 0.619. The van der Waals surface area contributed by atoms with Crippen LogP contribution in [0, 0.1) is 23.1 Å². The summed E-state index contributed by atoms with van der Waals surface area (Å²) >= 11 is 12.5. The highest BCUT2D eigenvalue weighted by atomic mass is 35.5. The van der Waals surface area contributed by atoms with Crippen molar-refractivity contribution in [3.8, 4) is 0 Å². The fourth-order valence-electron chi connectivity index (χ4n) is 4.80. The molecule has 0 saturated heterocycles. The number of nitrogens with one attached hydrogen (secondary N) is 2. The molecule has 2 N–H and O–H groups in total. The van der Waals surface area contributed by atoms with E-state index in [0.717, 1.165) is 25.7 Å². The van der Waals surface area contributed by atoms with Crippen molar-refractivity contribution in [1.82, 2.24) is 10.6 Å². The molecule has 2 amide bonds.